The maximum absolute atomic E-state index is 11.3. The van der Waals surface area contributed by atoms with Crippen molar-refractivity contribution in [3.8, 4) is 0 Å². The lowest BCUT2D eigenvalue weighted by Crippen LogP contribution is -1.98. The van der Waals surface area contributed by atoms with Crippen LogP contribution < -0.4 is 0 Å². The van der Waals surface area contributed by atoms with E-state index < -0.39 is 0 Å². The summed E-state index contributed by atoms with van der Waals surface area (Å²) < 4.78 is 0. The summed E-state index contributed by atoms with van der Waals surface area (Å²) in [5.74, 6) is 0.703. The standard InChI is InChI=1S/C10H10ClO/c11-8-4-7-10(12)9-5-2-1-3-6-9/h2-3,5-6H,4,7-8H2. The van der Waals surface area contributed by atoms with Gasteiger partial charge in [-0.25, -0.2) is 0 Å². The molecule has 12 heavy (non-hydrogen) atoms. The Kier molecular flexibility index (Phi) is 3.81. The molecular formula is C10H10ClO. The molecule has 1 radical (unpaired) electrons. The topological polar surface area (TPSA) is 17.1 Å². The average molecular weight is 182 g/mol. The Morgan fingerprint density at radius 2 is 2.08 bits per heavy atom. The van der Waals surface area contributed by atoms with Crippen LogP contribution in [0.15, 0.2) is 24.3 Å². The Labute approximate surface area is 77.4 Å². The molecule has 2 heteroatoms. The highest BCUT2D eigenvalue weighted by molar-refractivity contribution is 6.18. The molecule has 0 N–H and O–H groups in total. The third kappa shape index (κ3) is 2.67. The van der Waals surface area contributed by atoms with Crippen molar-refractivity contribution in [2.24, 2.45) is 0 Å². The second-order valence-corrected chi connectivity index (χ2v) is 2.88. The quantitative estimate of drug-likeness (QED) is 0.516. The second kappa shape index (κ2) is 4.94. The summed E-state index contributed by atoms with van der Waals surface area (Å²) in [4.78, 5) is 11.3. The number of halogens is 1. The second-order valence-electron chi connectivity index (χ2n) is 2.50. The summed E-state index contributed by atoms with van der Waals surface area (Å²) in [6, 6.07) is 9.90. The summed E-state index contributed by atoms with van der Waals surface area (Å²) in [5.41, 5.74) is 0.749. The Bertz CT molecular complexity index is 243. The van der Waals surface area contributed by atoms with Gasteiger partial charge in [0.1, 0.15) is 0 Å². The van der Waals surface area contributed by atoms with Gasteiger partial charge in [0, 0.05) is 17.9 Å². The van der Waals surface area contributed by atoms with Gasteiger partial charge in [0.15, 0.2) is 5.78 Å². The highest BCUT2D eigenvalue weighted by atomic mass is 35.5. The Balaban J connectivity index is 2.54. The first-order chi connectivity index (χ1) is 5.84. The molecule has 0 aliphatic carbocycles. The zero-order chi connectivity index (χ0) is 8.81. The van der Waals surface area contributed by atoms with Crippen molar-refractivity contribution >= 4 is 17.4 Å². The van der Waals surface area contributed by atoms with Gasteiger partial charge in [-0.3, -0.25) is 4.79 Å². The fourth-order valence-electron chi connectivity index (χ4n) is 0.944. The number of ketones is 1. The van der Waals surface area contributed by atoms with E-state index in [2.05, 4.69) is 6.07 Å². The van der Waals surface area contributed by atoms with Crippen LogP contribution in [0.3, 0.4) is 0 Å². The summed E-state index contributed by atoms with van der Waals surface area (Å²) in [6.45, 7) is 0. The van der Waals surface area contributed by atoms with Crippen LogP contribution in [0.4, 0.5) is 0 Å². The predicted molar refractivity (Wildman–Crippen MR) is 49.6 cm³/mol. The first-order valence-corrected chi connectivity index (χ1v) is 4.43. The van der Waals surface area contributed by atoms with Gasteiger partial charge in [-0.05, 0) is 12.5 Å². The SMILES string of the molecule is O=C(CCCCl)c1cc[c]cc1. The monoisotopic (exact) mass is 181 g/mol. The summed E-state index contributed by atoms with van der Waals surface area (Å²) in [5, 5.41) is 0. The maximum Gasteiger partial charge on any atom is 0.162 e. The van der Waals surface area contributed by atoms with Gasteiger partial charge in [-0.2, -0.15) is 0 Å². The molecule has 0 atom stereocenters. The van der Waals surface area contributed by atoms with Gasteiger partial charge >= 0.3 is 0 Å². The van der Waals surface area contributed by atoms with Gasteiger partial charge in [-0.1, -0.05) is 24.3 Å². The molecular weight excluding hydrogens is 172 g/mol. The molecule has 1 aromatic rings. The Morgan fingerprint density at radius 3 is 2.67 bits per heavy atom. The lowest BCUT2D eigenvalue weighted by atomic mass is 10.1. The van der Waals surface area contributed by atoms with Crippen molar-refractivity contribution < 1.29 is 4.79 Å². The fourth-order valence-corrected chi connectivity index (χ4v) is 1.08. The predicted octanol–water partition coefficient (Wildman–Crippen LogP) is 2.69. The van der Waals surface area contributed by atoms with Crippen LogP contribution in [0.2, 0.25) is 0 Å². The van der Waals surface area contributed by atoms with Gasteiger partial charge in [0.2, 0.25) is 0 Å². The number of rotatable bonds is 4. The smallest absolute Gasteiger partial charge is 0.162 e. The molecule has 0 aliphatic rings. The van der Waals surface area contributed by atoms with Crippen molar-refractivity contribution in [2.45, 2.75) is 12.8 Å². The molecule has 0 amide bonds. The van der Waals surface area contributed by atoms with Gasteiger partial charge in [0.25, 0.3) is 0 Å². The minimum Gasteiger partial charge on any atom is -0.294 e. The molecule has 0 aromatic heterocycles. The molecule has 0 aliphatic heterocycles. The van der Waals surface area contributed by atoms with Crippen LogP contribution in [-0.4, -0.2) is 11.7 Å². The van der Waals surface area contributed by atoms with E-state index in [0.29, 0.717) is 12.3 Å². The third-order valence-corrected chi connectivity index (χ3v) is 1.84. The molecule has 1 nitrogen and oxygen atoms in total. The van der Waals surface area contributed by atoms with Crippen LogP contribution in [0.1, 0.15) is 23.2 Å². The van der Waals surface area contributed by atoms with Crippen molar-refractivity contribution in [1.29, 1.82) is 0 Å². The van der Waals surface area contributed by atoms with Crippen LogP contribution >= 0.6 is 11.6 Å². The summed E-state index contributed by atoms with van der Waals surface area (Å²) in [6.07, 6.45) is 1.28. The van der Waals surface area contributed by atoms with E-state index in [1.165, 1.54) is 0 Å². The molecule has 0 unspecified atom stereocenters. The van der Waals surface area contributed by atoms with Gasteiger partial charge in [-0.15, -0.1) is 11.6 Å². The van der Waals surface area contributed by atoms with E-state index in [1.54, 1.807) is 24.3 Å². The molecule has 0 saturated heterocycles. The number of Topliss-reactive ketones (excluding diaryl/α,β-unsaturated/α-hetero) is 1. The zero-order valence-electron chi connectivity index (χ0n) is 6.72. The third-order valence-electron chi connectivity index (χ3n) is 1.58. The number of hydrogen-bond acceptors (Lipinski definition) is 1. The molecule has 1 rings (SSSR count). The van der Waals surface area contributed by atoms with Crippen molar-refractivity contribution in [1.82, 2.24) is 0 Å². The molecule has 63 valence electrons. The molecule has 0 spiro atoms. The summed E-state index contributed by atoms with van der Waals surface area (Å²) in [7, 11) is 0. The van der Waals surface area contributed by atoms with E-state index in [-0.39, 0.29) is 5.78 Å². The lowest BCUT2D eigenvalue weighted by molar-refractivity contribution is 0.0982. The van der Waals surface area contributed by atoms with Crippen molar-refractivity contribution in [3.05, 3.63) is 35.9 Å². The highest BCUT2D eigenvalue weighted by Gasteiger charge is 2.02. The number of benzene rings is 1. The average Bonchev–Trinajstić information content (AvgIpc) is 2.15. The van der Waals surface area contributed by atoms with E-state index >= 15 is 0 Å². The van der Waals surface area contributed by atoms with Crippen LogP contribution in [0, 0.1) is 6.07 Å². The van der Waals surface area contributed by atoms with E-state index in [9.17, 15) is 4.79 Å². The van der Waals surface area contributed by atoms with Crippen LogP contribution in [0.25, 0.3) is 0 Å². The minimum atomic E-state index is 0.157. The molecule has 0 saturated carbocycles. The lowest BCUT2D eigenvalue weighted by Gasteiger charge is -1.97. The molecule has 0 fully saturated rings. The normalized spacial score (nSPS) is 9.75. The molecule has 0 bridgehead atoms. The van der Waals surface area contributed by atoms with E-state index in [4.69, 9.17) is 11.6 Å². The minimum absolute atomic E-state index is 0.157. The zero-order valence-corrected chi connectivity index (χ0v) is 7.47. The van der Waals surface area contributed by atoms with Crippen molar-refractivity contribution in [2.75, 3.05) is 5.88 Å². The van der Waals surface area contributed by atoms with Gasteiger partial charge in [0.05, 0.1) is 0 Å². The number of hydrogen-bond donors (Lipinski definition) is 0. The summed E-state index contributed by atoms with van der Waals surface area (Å²) >= 11 is 5.47. The highest BCUT2D eigenvalue weighted by Crippen LogP contribution is 2.04. The fraction of sp³-hybridized carbons (Fsp3) is 0.300. The van der Waals surface area contributed by atoms with E-state index in [1.807, 2.05) is 0 Å². The number of carbonyl (C=O) groups is 1. The maximum atomic E-state index is 11.3. The number of alkyl halides is 1. The first-order valence-electron chi connectivity index (χ1n) is 3.90. The van der Waals surface area contributed by atoms with Crippen molar-refractivity contribution in [3.63, 3.8) is 0 Å². The van der Waals surface area contributed by atoms with Crippen LogP contribution in [0.5, 0.6) is 0 Å². The molecule has 1 aromatic carbocycles. The van der Waals surface area contributed by atoms with Gasteiger partial charge < -0.3 is 0 Å². The first kappa shape index (κ1) is 9.27. The largest absolute Gasteiger partial charge is 0.294 e. The Hall–Kier alpha value is -0.820. The van der Waals surface area contributed by atoms with Crippen LogP contribution in [-0.2, 0) is 0 Å². The number of carbonyl (C=O) groups excluding carboxylic acids is 1. The Morgan fingerprint density at radius 1 is 1.42 bits per heavy atom. The molecule has 0 heterocycles. The van der Waals surface area contributed by atoms with E-state index in [0.717, 1.165) is 12.0 Å².